The third-order valence-corrected chi connectivity index (χ3v) is 6.23. The number of benzene rings is 1. The van der Waals surface area contributed by atoms with E-state index in [0.29, 0.717) is 31.5 Å². The molecular weight excluding hydrogens is 350 g/mol. The van der Waals surface area contributed by atoms with Gasteiger partial charge in [0.1, 0.15) is 0 Å². The summed E-state index contributed by atoms with van der Waals surface area (Å²) in [5.74, 6) is 0.242. The molecule has 1 spiro atoms. The number of hydrogen-bond donors (Lipinski definition) is 0. The van der Waals surface area contributed by atoms with Crippen LogP contribution in [0.4, 0.5) is 0 Å². The van der Waals surface area contributed by atoms with Gasteiger partial charge in [0, 0.05) is 31.0 Å². The maximum atomic E-state index is 13.2. The number of carbonyl (C=O) groups excluding carboxylic acids is 2. The van der Waals surface area contributed by atoms with E-state index in [0.717, 1.165) is 5.69 Å². The van der Waals surface area contributed by atoms with Crippen LogP contribution < -0.4 is 0 Å². The molecule has 2 fully saturated rings. The van der Waals surface area contributed by atoms with Crippen LogP contribution >= 0.6 is 0 Å². The van der Waals surface area contributed by atoms with Crippen LogP contribution in [-0.4, -0.2) is 45.7 Å². The highest BCUT2D eigenvalue weighted by atomic mass is 16.2. The van der Waals surface area contributed by atoms with Gasteiger partial charge in [0.05, 0.1) is 17.0 Å². The molecule has 5 heteroatoms. The van der Waals surface area contributed by atoms with Crippen molar-refractivity contribution in [2.24, 2.45) is 5.41 Å². The zero-order valence-electron chi connectivity index (χ0n) is 16.8. The summed E-state index contributed by atoms with van der Waals surface area (Å²) >= 11 is 0. The maximum Gasteiger partial charge on any atom is 0.255 e. The quantitative estimate of drug-likeness (QED) is 0.768. The smallest absolute Gasteiger partial charge is 0.255 e. The Morgan fingerprint density at radius 1 is 1.11 bits per heavy atom. The van der Waals surface area contributed by atoms with E-state index in [1.54, 1.807) is 6.20 Å². The van der Waals surface area contributed by atoms with E-state index in [2.05, 4.69) is 31.0 Å². The van der Waals surface area contributed by atoms with Gasteiger partial charge in [-0.15, -0.1) is 0 Å². The lowest BCUT2D eigenvalue weighted by molar-refractivity contribution is -0.184. The number of pyridine rings is 1. The summed E-state index contributed by atoms with van der Waals surface area (Å²) in [5.41, 5.74) is 2.32. The number of aromatic nitrogens is 1. The van der Waals surface area contributed by atoms with Gasteiger partial charge in [-0.1, -0.05) is 30.3 Å². The molecular formula is C23H27N3O2. The Balaban J connectivity index is 1.54. The van der Waals surface area contributed by atoms with Crippen molar-refractivity contribution in [2.75, 3.05) is 13.1 Å². The lowest BCUT2D eigenvalue weighted by Gasteiger charge is -2.60. The monoisotopic (exact) mass is 377 g/mol. The molecule has 0 saturated carbocycles. The Bertz CT molecular complexity index is 868. The second kappa shape index (κ2) is 7.04. The largest absolute Gasteiger partial charge is 0.339 e. The number of amides is 2. The molecule has 146 valence electrons. The highest BCUT2D eigenvalue weighted by Gasteiger charge is 2.62. The van der Waals surface area contributed by atoms with Gasteiger partial charge in [0.2, 0.25) is 5.91 Å². The van der Waals surface area contributed by atoms with Gasteiger partial charge in [-0.3, -0.25) is 14.6 Å². The Labute approximate surface area is 166 Å². The fourth-order valence-corrected chi connectivity index (χ4v) is 4.71. The van der Waals surface area contributed by atoms with Gasteiger partial charge in [-0.05, 0) is 51.3 Å². The van der Waals surface area contributed by atoms with E-state index in [4.69, 9.17) is 0 Å². The van der Waals surface area contributed by atoms with Gasteiger partial charge in [-0.2, -0.15) is 0 Å². The molecule has 1 unspecified atom stereocenters. The summed E-state index contributed by atoms with van der Waals surface area (Å²) in [7, 11) is 0. The predicted molar refractivity (Wildman–Crippen MR) is 108 cm³/mol. The topological polar surface area (TPSA) is 53.5 Å². The normalized spacial score (nSPS) is 21.1. The average molecular weight is 377 g/mol. The summed E-state index contributed by atoms with van der Waals surface area (Å²) < 4.78 is 0. The summed E-state index contributed by atoms with van der Waals surface area (Å²) in [6, 6.07) is 14.3. The third kappa shape index (κ3) is 2.89. The Morgan fingerprint density at radius 3 is 2.36 bits per heavy atom. The molecule has 2 aliphatic heterocycles. The van der Waals surface area contributed by atoms with E-state index < -0.39 is 0 Å². The van der Waals surface area contributed by atoms with Gasteiger partial charge >= 0.3 is 0 Å². The van der Waals surface area contributed by atoms with Crippen LogP contribution in [0.1, 0.15) is 54.3 Å². The zero-order valence-corrected chi connectivity index (χ0v) is 16.8. The first kappa shape index (κ1) is 18.7. The Morgan fingerprint density at radius 2 is 1.79 bits per heavy atom. The Hall–Kier alpha value is -2.69. The van der Waals surface area contributed by atoms with Crippen molar-refractivity contribution in [1.29, 1.82) is 0 Å². The van der Waals surface area contributed by atoms with Crippen molar-refractivity contribution in [3.63, 3.8) is 0 Å². The number of aryl methyl sites for hydroxylation is 1. The number of carbonyl (C=O) groups is 2. The number of likely N-dealkylation sites (tertiary alicyclic amines) is 2. The molecule has 28 heavy (non-hydrogen) atoms. The van der Waals surface area contributed by atoms with Crippen LogP contribution in [0.3, 0.4) is 0 Å². The second-order valence-electron chi connectivity index (χ2n) is 8.26. The van der Waals surface area contributed by atoms with E-state index in [-0.39, 0.29) is 29.3 Å². The van der Waals surface area contributed by atoms with Crippen LogP contribution in [-0.2, 0) is 4.79 Å². The number of hydrogen-bond acceptors (Lipinski definition) is 3. The highest BCUT2D eigenvalue weighted by Crippen LogP contribution is 2.56. The highest BCUT2D eigenvalue weighted by molar-refractivity contribution is 5.95. The Kier molecular flexibility index (Phi) is 4.69. The van der Waals surface area contributed by atoms with Gasteiger partial charge in [0.15, 0.2) is 0 Å². The molecule has 5 nitrogen and oxygen atoms in total. The first-order valence-corrected chi connectivity index (χ1v) is 10.0. The number of piperidine rings is 1. The minimum atomic E-state index is -0.381. The van der Waals surface area contributed by atoms with E-state index >= 15 is 0 Å². The number of β-lactam (4-membered cyclic amide) rings is 1. The molecule has 4 rings (SSSR count). The molecule has 1 atom stereocenters. The lowest BCUT2D eigenvalue weighted by Crippen LogP contribution is -2.68. The van der Waals surface area contributed by atoms with Gasteiger partial charge < -0.3 is 9.80 Å². The van der Waals surface area contributed by atoms with Crippen LogP contribution in [0.2, 0.25) is 0 Å². The van der Waals surface area contributed by atoms with Crippen molar-refractivity contribution in [1.82, 2.24) is 14.8 Å². The SMILES string of the molecule is Cc1ccc(C(=O)N2CCC3(CC2)C(=O)N(C(C)C)C3c2ccccc2)cn1. The molecule has 3 heterocycles. The predicted octanol–water partition coefficient (Wildman–Crippen LogP) is 3.60. The molecule has 2 saturated heterocycles. The number of rotatable bonds is 3. The zero-order chi connectivity index (χ0) is 19.9. The maximum absolute atomic E-state index is 13.2. The van der Waals surface area contributed by atoms with Crippen molar-refractivity contribution >= 4 is 11.8 Å². The first-order chi connectivity index (χ1) is 13.4. The summed E-state index contributed by atoms with van der Waals surface area (Å²) in [4.78, 5) is 34.1. The summed E-state index contributed by atoms with van der Waals surface area (Å²) in [6.45, 7) is 7.26. The summed E-state index contributed by atoms with van der Waals surface area (Å²) in [5, 5.41) is 0. The fraction of sp³-hybridized carbons (Fsp3) is 0.435. The fourth-order valence-electron chi connectivity index (χ4n) is 4.71. The first-order valence-electron chi connectivity index (χ1n) is 10.0. The molecule has 0 N–H and O–H groups in total. The second-order valence-corrected chi connectivity index (χ2v) is 8.26. The molecule has 2 aliphatic rings. The van der Waals surface area contributed by atoms with Crippen molar-refractivity contribution in [3.8, 4) is 0 Å². The van der Waals surface area contributed by atoms with Crippen molar-refractivity contribution in [3.05, 3.63) is 65.5 Å². The van der Waals surface area contributed by atoms with E-state index in [9.17, 15) is 9.59 Å². The average Bonchev–Trinajstić information content (AvgIpc) is 2.72. The van der Waals surface area contributed by atoms with Crippen LogP contribution in [0.5, 0.6) is 0 Å². The van der Waals surface area contributed by atoms with Crippen molar-refractivity contribution < 1.29 is 9.59 Å². The van der Waals surface area contributed by atoms with E-state index in [1.807, 2.05) is 47.1 Å². The minimum Gasteiger partial charge on any atom is -0.339 e. The van der Waals surface area contributed by atoms with Crippen LogP contribution in [0.15, 0.2) is 48.7 Å². The third-order valence-electron chi connectivity index (χ3n) is 6.23. The van der Waals surface area contributed by atoms with Crippen LogP contribution in [0.25, 0.3) is 0 Å². The number of nitrogens with zero attached hydrogens (tertiary/aromatic N) is 3. The van der Waals surface area contributed by atoms with Crippen molar-refractivity contribution in [2.45, 2.75) is 45.7 Å². The summed E-state index contributed by atoms with van der Waals surface area (Å²) in [6.07, 6.45) is 3.06. The molecule has 0 bridgehead atoms. The molecule has 2 aromatic rings. The van der Waals surface area contributed by atoms with Crippen LogP contribution in [0, 0.1) is 12.3 Å². The van der Waals surface area contributed by atoms with Gasteiger partial charge in [-0.25, -0.2) is 0 Å². The van der Waals surface area contributed by atoms with E-state index in [1.165, 1.54) is 5.56 Å². The molecule has 2 amide bonds. The molecule has 0 aliphatic carbocycles. The molecule has 0 radical (unpaired) electrons. The molecule has 1 aromatic carbocycles. The minimum absolute atomic E-state index is 0.00565. The standard InChI is InChI=1S/C23H27N3O2/c1-16(2)26-20(18-7-5-4-6-8-18)23(22(26)28)11-13-25(14-12-23)21(27)19-10-9-17(3)24-15-19/h4-10,15-16,20H,11-14H2,1-3H3. The molecule has 1 aromatic heterocycles. The lowest BCUT2D eigenvalue weighted by atomic mass is 9.61. The van der Waals surface area contributed by atoms with Gasteiger partial charge in [0.25, 0.3) is 5.91 Å².